The molecule has 1 amide bonds. The van der Waals surface area contributed by atoms with Gasteiger partial charge in [-0.2, -0.15) is 0 Å². The zero-order chi connectivity index (χ0) is 19.1. The summed E-state index contributed by atoms with van der Waals surface area (Å²) in [6.45, 7) is 6.06. The average Bonchev–Trinajstić information content (AvgIpc) is 3.10. The van der Waals surface area contributed by atoms with Crippen LogP contribution in [-0.4, -0.2) is 54.9 Å². The van der Waals surface area contributed by atoms with E-state index in [1.807, 2.05) is 0 Å². The van der Waals surface area contributed by atoms with Gasteiger partial charge in [0.1, 0.15) is 5.75 Å². The fourth-order valence-electron chi connectivity index (χ4n) is 4.79. The summed E-state index contributed by atoms with van der Waals surface area (Å²) >= 11 is 0. The van der Waals surface area contributed by atoms with E-state index in [-0.39, 0.29) is 11.9 Å². The maximum Gasteiger partial charge on any atom is 0.217 e. The molecule has 0 bridgehead atoms. The van der Waals surface area contributed by atoms with Gasteiger partial charge in [0.2, 0.25) is 11.7 Å². The van der Waals surface area contributed by atoms with Crippen LogP contribution in [0.4, 0.5) is 5.69 Å². The number of hydrogen-bond donors (Lipinski definition) is 1. The van der Waals surface area contributed by atoms with Crippen LogP contribution in [-0.2, 0) is 16.1 Å². The third-order valence-corrected chi connectivity index (χ3v) is 6.56. The van der Waals surface area contributed by atoms with Crippen molar-refractivity contribution in [2.45, 2.75) is 57.1 Å². The molecule has 0 aromatic heterocycles. The number of fused-ring (bicyclic) bond motifs is 1. The highest BCUT2D eigenvalue weighted by Crippen LogP contribution is 2.40. The molecule has 2 unspecified atom stereocenters. The molecule has 2 atom stereocenters. The maximum atomic E-state index is 11.3. The van der Waals surface area contributed by atoms with Gasteiger partial charge in [-0.15, -0.1) is 0 Å². The summed E-state index contributed by atoms with van der Waals surface area (Å²) in [5.74, 6) is 0.552. The molecule has 6 nitrogen and oxygen atoms in total. The smallest absolute Gasteiger partial charge is 0.217 e. The Hall–Kier alpha value is -2.05. The Bertz CT molecular complexity index is 785. The van der Waals surface area contributed by atoms with Crippen LogP contribution in [0.15, 0.2) is 30.4 Å². The topological polar surface area (TPSA) is 54.0 Å². The van der Waals surface area contributed by atoms with Crippen LogP contribution in [0.5, 0.6) is 5.75 Å². The summed E-state index contributed by atoms with van der Waals surface area (Å²) in [5.41, 5.74) is 2.30. The fourth-order valence-corrected chi connectivity index (χ4v) is 4.79. The van der Waals surface area contributed by atoms with Gasteiger partial charge in [0.05, 0.1) is 6.61 Å². The standard InChI is InChI=1S/C22H29N3O3/c1-16(26)23-18-7-10-25(14-18)20-5-6-21-17(13-20)15-27-22(28-21)8-11-24(12-9-22)19-3-2-4-19/h2-3,5-6,13,18-19H,4,7-12,14-15H2,1H3,(H,23,26). The van der Waals surface area contributed by atoms with Crippen LogP contribution in [0, 0.1) is 0 Å². The molecule has 6 heteroatoms. The second-order valence-electron chi connectivity index (χ2n) is 8.49. The number of nitrogens with one attached hydrogen (secondary N) is 1. The first-order valence-corrected chi connectivity index (χ1v) is 10.5. The third kappa shape index (κ3) is 3.40. The first kappa shape index (κ1) is 18.0. The van der Waals surface area contributed by atoms with Crippen LogP contribution < -0.4 is 15.0 Å². The Balaban J connectivity index is 1.23. The summed E-state index contributed by atoms with van der Waals surface area (Å²) in [6.07, 6.45) is 8.55. The van der Waals surface area contributed by atoms with Gasteiger partial charge in [0, 0.05) is 69.3 Å². The second-order valence-corrected chi connectivity index (χ2v) is 8.49. The molecule has 4 aliphatic rings. The highest BCUT2D eigenvalue weighted by atomic mass is 16.7. The molecular formula is C22H29N3O3. The van der Waals surface area contributed by atoms with Crippen LogP contribution in [0.3, 0.4) is 0 Å². The number of nitrogens with zero attached hydrogens (tertiary/aromatic N) is 2. The van der Waals surface area contributed by atoms with Gasteiger partial charge >= 0.3 is 0 Å². The Morgan fingerprint density at radius 2 is 2.07 bits per heavy atom. The number of anilines is 1. The molecule has 5 rings (SSSR count). The molecule has 150 valence electrons. The Labute approximate surface area is 166 Å². The summed E-state index contributed by atoms with van der Waals surface area (Å²) in [7, 11) is 0. The van der Waals surface area contributed by atoms with Crippen LogP contribution in [0.1, 0.15) is 38.2 Å². The molecule has 3 aliphatic heterocycles. The monoisotopic (exact) mass is 383 g/mol. The van der Waals surface area contributed by atoms with E-state index in [2.05, 4.69) is 45.5 Å². The van der Waals surface area contributed by atoms with Crippen molar-refractivity contribution in [2.75, 3.05) is 31.1 Å². The first-order valence-electron chi connectivity index (χ1n) is 10.5. The number of amides is 1. The van der Waals surface area contributed by atoms with Crippen LogP contribution in [0.2, 0.25) is 0 Å². The molecular weight excluding hydrogens is 354 g/mol. The van der Waals surface area contributed by atoms with E-state index in [9.17, 15) is 4.79 Å². The largest absolute Gasteiger partial charge is 0.462 e. The van der Waals surface area contributed by atoms with Gasteiger partial charge in [-0.05, 0) is 31.0 Å². The van der Waals surface area contributed by atoms with E-state index in [1.54, 1.807) is 6.92 Å². The summed E-state index contributed by atoms with van der Waals surface area (Å²) < 4.78 is 12.7. The van der Waals surface area contributed by atoms with Crippen molar-refractivity contribution >= 4 is 11.6 Å². The molecule has 1 N–H and O–H groups in total. The van der Waals surface area contributed by atoms with Gasteiger partial charge < -0.3 is 19.7 Å². The SMILES string of the molecule is CC(=O)NC1CCN(c2ccc3c(c2)COC2(CCN(C4C=CC4)CC2)O3)C1. The molecule has 1 aromatic carbocycles. The van der Waals surface area contributed by atoms with Crippen molar-refractivity contribution in [3.8, 4) is 5.75 Å². The highest BCUT2D eigenvalue weighted by Gasteiger charge is 2.42. The maximum absolute atomic E-state index is 11.3. The first-order chi connectivity index (χ1) is 13.6. The molecule has 28 heavy (non-hydrogen) atoms. The Morgan fingerprint density at radius 3 is 2.79 bits per heavy atom. The molecule has 3 heterocycles. The van der Waals surface area contributed by atoms with Crippen LogP contribution in [0.25, 0.3) is 0 Å². The number of hydrogen-bond acceptors (Lipinski definition) is 5. The van der Waals surface area contributed by atoms with Crippen LogP contribution >= 0.6 is 0 Å². The number of rotatable bonds is 3. The zero-order valence-electron chi connectivity index (χ0n) is 16.5. The number of piperidine rings is 1. The third-order valence-electron chi connectivity index (χ3n) is 6.56. The van der Waals surface area contributed by atoms with E-state index in [0.717, 1.165) is 56.8 Å². The van der Waals surface area contributed by atoms with Gasteiger partial charge in [0.25, 0.3) is 0 Å². The van der Waals surface area contributed by atoms with Gasteiger partial charge in [-0.1, -0.05) is 12.2 Å². The lowest BCUT2D eigenvalue weighted by Gasteiger charge is -2.46. The molecule has 1 spiro atoms. The van der Waals surface area contributed by atoms with Crippen molar-refractivity contribution in [1.29, 1.82) is 0 Å². The quantitative estimate of drug-likeness (QED) is 0.813. The van der Waals surface area contributed by atoms with Crippen molar-refractivity contribution in [1.82, 2.24) is 10.2 Å². The van der Waals surface area contributed by atoms with E-state index < -0.39 is 5.79 Å². The van der Waals surface area contributed by atoms with Crippen molar-refractivity contribution in [3.05, 3.63) is 35.9 Å². The molecule has 2 saturated heterocycles. The highest BCUT2D eigenvalue weighted by molar-refractivity contribution is 5.73. The molecule has 2 fully saturated rings. The Morgan fingerprint density at radius 1 is 1.25 bits per heavy atom. The summed E-state index contributed by atoms with van der Waals surface area (Å²) in [5, 5.41) is 3.02. The van der Waals surface area contributed by atoms with Gasteiger partial charge in [-0.3, -0.25) is 9.69 Å². The minimum Gasteiger partial charge on any atom is -0.462 e. The molecule has 1 aromatic rings. The number of benzene rings is 1. The minimum absolute atomic E-state index is 0.0452. The predicted octanol–water partition coefficient (Wildman–Crippen LogP) is 2.43. The lowest BCUT2D eigenvalue weighted by Crippen LogP contribution is -2.53. The predicted molar refractivity (Wildman–Crippen MR) is 107 cm³/mol. The van der Waals surface area contributed by atoms with Crippen molar-refractivity contribution in [2.24, 2.45) is 0 Å². The second kappa shape index (κ2) is 7.08. The zero-order valence-corrected chi connectivity index (χ0v) is 16.5. The molecule has 1 aliphatic carbocycles. The molecule has 0 radical (unpaired) electrons. The van der Waals surface area contributed by atoms with Crippen molar-refractivity contribution in [3.63, 3.8) is 0 Å². The van der Waals surface area contributed by atoms with Gasteiger partial charge in [-0.25, -0.2) is 0 Å². The molecule has 0 saturated carbocycles. The summed E-state index contributed by atoms with van der Waals surface area (Å²) in [6, 6.07) is 7.29. The summed E-state index contributed by atoms with van der Waals surface area (Å²) in [4.78, 5) is 16.2. The fraction of sp³-hybridized carbons (Fsp3) is 0.591. The van der Waals surface area contributed by atoms with E-state index in [1.165, 1.54) is 12.1 Å². The van der Waals surface area contributed by atoms with Crippen molar-refractivity contribution < 1.29 is 14.3 Å². The normalized spacial score (nSPS) is 28.5. The van der Waals surface area contributed by atoms with Gasteiger partial charge in [0.15, 0.2) is 0 Å². The van der Waals surface area contributed by atoms with E-state index in [0.29, 0.717) is 12.6 Å². The Kier molecular flexibility index (Phi) is 4.56. The number of carbonyl (C=O) groups excluding carboxylic acids is 1. The lowest BCUT2D eigenvalue weighted by atomic mass is 9.95. The van der Waals surface area contributed by atoms with E-state index >= 15 is 0 Å². The van der Waals surface area contributed by atoms with E-state index in [4.69, 9.17) is 9.47 Å². The average molecular weight is 383 g/mol. The number of likely N-dealkylation sites (tertiary alicyclic amines) is 1. The number of ether oxygens (including phenoxy) is 2. The minimum atomic E-state index is -0.456. The number of carbonyl (C=O) groups is 1. The lowest BCUT2D eigenvalue weighted by molar-refractivity contribution is -0.229.